The number of ether oxygens (including phenoxy) is 1. The third-order valence-corrected chi connectivity index (χ3v) is 5.45. The van der Waals surface area contributed by atoms with Crippen LogP contribution in [0.15, 0.2) is 30.3 Å². The zero-order valence-electron chi connectivity index (χ0n) is 15.0. The summed E-state index contributed by atoms with van der Waals surface area (Å²) in [6, 6.07) is 9.92. The van der Waals surface area contributed by atoms with Gasteiger partial charge in [0.2, 0.25) is 0 Å². The molecule has 2 atom stereocenters. The third kappa shape index (κ3) is 4.20. The molecule has 2 aliphatic heterocycles. The number of nitrogens with zero attached hydrogens (tertiary/aromatic N) is 2. The Morgan fingerprint density at radius 2 is 1.92 bits per heavy atom. The van der Waals surface area contributed by atoms with Crippen molar-refractivity contribution in [3.05, 3.63) is 35.9 Å². The summed E-state index contributed by atoms with van der Waals surface area (Å²) in [5, 5.41) is 0. The molecule has 0 spiro atoms. The van der Waals surface area contributed by atoms with E-state index in [1.165, 1.54) is 4.90 Å². The van der Waals surface area contributed by atoms with Crippen molar-refractivity contribution in [3.8, 4) is 0 Å². The number of hydrogen-bond donors (Lipinski definition) is 0. The summed E-state index contributed by atoms with van der Waals surface area (Å²) in [4.78, 5) is 16.3. The first-order valence-electron chi connectivity index (χ1n) is 9.05. The van der Waals surface area contributed by atoms with E-state index in [0.717, 1.165) is 5.56 Å². The van der Waals surface area contributed by atoms with Gasteiger partial charge in [-0.15, -0.1) is 0 Å². The minimum Gasteiger partial charge on any atom is -0.466 e. The van der Waals surface area contributed by atoms with Gasteiger partial charge >= 0.3 is 12.1 Å². The molecular formula is C19H25F3N2O2. The highest BCUT2D eigenvalue weighted by Gasteiger charge is 2.55. The van der Waals surface area contributed by atoms with Crippen molar-refractivity contribution in [3.63, 3.8) is 0 Å². The van der Waals surface area contributed by atoms with E-state index in [-0.39, 0.29) is 31.6 Å². The molecule has 26 heavy (non-hydrogen) atoms. The van der Waals surface area contributed by atoms with Crippen LogP contribution in [0, 0.1) is 11.3 Å². The molecule has 0 aliphatic carbocycles. The lowest BCUT2D eigenvalue weighted by molar-refractivity contribution is -0.167. The Morgan fingerprint density at radius 1 is 1.23 bits per heavy atom. The van der Waals surface area contributed by atoms with Crippen molar-refractivity contribution in [1.82, 2.24) is 9.80 Å². The number of carbonyl (C=O) groups is 1. The number of halogens is 3. The smallest absolute Gasteiger partial charge is 0.401 e. The normalized spacial score (nSPS) is 27.3. The Hall–Kier alpha value is -1.60. The first kappa shape index (κ1) is 19.2. The minimum atomic E-state index is -4.22. The number of fused-ring (bicyclic) bond motifs is 1. The van der Waals surface area contributed by atoms with Crippen molar-refractivity contribution in [2.24, 2.45) is 11.3 Å². The van der Waals surface area contributed by atoms with E-state index in [9.17, 15) is 18.0 Å². The first-order chi connectivity index (χ1) is 12.3. The lowest BCUT2D eigenvalue weighted by Gasteiger charge is -2.41. The summed E-state index contributed by atoms with van der Waals surface area (Å²) >= 11 is 0. The zero-order valence-corrected chi connectivity index (χ0v) is 15.0. The molecule has 0 saturated carbocycles. The fourth-order valence-electron chi connectivity index (χ4n) is 4.32. The molecule has 2 saturated heterocycles. The monoisotopic (exact) mass is 370 g/mol. The third-order valence-electron chi connectivity index (χ3n) is 5.45. The van der Waals surface area contributed by atoms with Gasteiger partial charge in [0, 0.05) is 32.1 Å². The summed E-state index contributed by atoms with van der Waals surface area (Å²) in [5.74, 6) is -0.395. The van der Waals surface area contributed by atoms with E-state index in [4.69, 9.17) is 4.74 Å². The van der Waals surface area contributed by atoms with Crippen LogP contribution in [0.2, 0.25) is 0 Å². The van der Waals surface area contributed by atoms with Crippen LogP contribution in [0.3, 0.4) is 0 Å². The van der Waals surface area contributed by atoms with Crippen LogP contribution in [-0.2, 0) is 16.1 Å². The van der Waals surface area contributed by atoms with Crippen molar-refractivity contribution in [2.45, 2.75) is 26.1 Å². The standard InChI is InChI=1S/C19H25F3N2O2/c1-2-26-17(25)18-8-9-23(14-19(20,21)22)11-16(18)12-24(13-18)10-15-6-4-3-5-7-15/h3-7,16H,2,8-14H2,1H3/t16-,18-/m1/s1. The lowest BCUT2D eigenvalue weighted by atomic mass is 9.72. The number of piperidine rings is 1. The maximum atomic E-state index is 12.8. The molecule has 144 valence electrons. The summed E-state index contributed by atoms with van der Waals surface area (Å²) in [7, 11) is 0. The van der Waals surface area contributed by atoms with Crippen LogP contribution in [0.4, 0.5) is 13.2 Å². The van der Waals surface area contributed by atoms with Gasteiger partial charge in [-0.1, -0.05) is 30.3 Å². The molecule has 3 rings (SSSR count). The van der Waals surface area contributed by atoms with Gasteiger partial charge in [0.15, 0.2) is 0 Å². The Kier molecular flexibility index (Phi) is 5.58. The van der Waals surface area contributed by atoms with Gasteiger partial charge in [-0.2, -0.15) is 13.2 Å². The van der Waals surface area contributed by atoms with Gasteiger partial charge in [0.25, 0.3) is 0 Å². The van der Waals surface area contributed by atoms with Crippen LogP contribution < -0.4 is 0 Å². The molecule has 0 unspecified atom stereocenters. The van der Waals surface area contributed by atoms with Crippen molar-refractivity contribution < 1.29 is 22.7 Å². The second-order valence-corrected chi connectivity index (χ2v) is 7.33. The van der Waals surface area contributed by atoms with Gasteiger partial charge in [-0.3, -0.25) is 14.6 Å². The Balaban J connectivity index is 1.75. The van der Waals surface area contributed by atoms with Crippen LogP contribution in [0.25, 0.3) is 0 Å². The molecule has 2 heterocycles. The van der Waals surface area contributed by atoms with Crippen LogP contribution >= 0.6 is 0 Å². The Labute approximate surface area is 151 Å². The van der Waals surface area contributed by atoms with Crippen molar-refractivity contribution >= 4 is 5.97 Å². The van der Waals surface area contributed by atoms with Gasteiger partial charge in [-0.25, -0.2) is 0 Å². The van der Waals surface area contributed by atoms with E-state index in [1.807, 2.05) is 30.3 Å². The van der Waals surface area contributed by atoms with Gasteiger partial charge in [0.1, 0.15) is 0 Å². The first-order valence-corrected chi connectivity index (χ1v) is 9.05. The maximum Gasteiger partial charge on any atom is 0.401 e. The lowest BCUT2D eigenvalue weighted by Crippen LogP contribution is -2.53. The highest BCUT2D eigenvalue weighted by atomic mass is 19.4. The number of alkyl halides is 3. The van der Waals surface area contributed by atoms with E-state index in [2.05, 4.69) is 4.90 Å². The highest BCUT2D eigenvalue weighted by molar-refractivity contribution is 5.78. The molecule has 7 heteroatoms. The second-order valence-electron chi connectivity index (χ2n) is 7.33. The SMILES string of the molecule is CCOC(=O)[C@@]12CCN(CC(F)(F)F)C[C@@H]1CN(Cc1ccccc1)C2. The molecule has 4 nitrogen and oxygen atoms in total. The zero-order chi connectivity index (χ0) is 18.8. The molecule has 0 radical (unpaired) electrons. The number of benzene rings is 1. The average molecular weight is 370 g/mol. The van der Waals surface area contributed by atoms with Gasteiger partial charge in [-0.05, 0) is 25.5 Å². The molecule has 2 aliphatic rings. The van der Waals surface area contributed by atoms with Gasteiger partial charge in [0.05, 0.1) is 18.6 Å². The number of carbonyl (C=O) groups excluding carboxylic acids is 1. The van der Waals surface area contributed by atoms with Crippen LogP contribution in [0.1, 0.15) is 18.9 Å². The van der Waals surface area contributed by atoms with Crippen molar-refractivity contribution in [1.29, 1.82) is 0 Å². The molecule has 2 fully saturated rings. The summed E-state index contributed by atoms with van der Waals surface area (Å²) in [6.45, 7) is 3.54. The predicted molar refractivity (Wildman–Crippen MR) is 91.4 cm³/mol. The molecule has 0 N–H and O–H groups in total. The number of rotatable bonds is 5. The van der Waals surface area contributed by atoms with Gasteiger partial charge < -0.3 is 4.74 Å². The quantitative estimate of drug-likeness (QED) is 0.746. The molecule has 0 bridgehead atoms. The number of esters is 1. The molecule has 0 aromatic heterocycles. The second kappa shape index (κ2) is 7.56. The largest absolute Gasteiger partial charge is 0.466 e. The van der Waals surface area contributed by atoms with E-state index >= 15 is 0 Å². The minimum absolute atomic E-state index is 0.138. The summed E-state index contributed by atoms with van der Waals surface area (Å²) in [5.41, 5.74) is 0.449. The highest BCUT2D eigenvalue weighted by Crippen LogP contribution is 2.44. The summed E-state index contributed by atoms with van der Waals surface area (Å²) < 4.78 is 43.7. The molecule has 1 aromatic carbocycles. The van der Waals surface area contributed by atoms with E-state index in [1.54, 1.807) is 6.92 Å². The van der Waals surface area contributed by atoms with Crippen molar-refractivity contribution in [2.75, 3.05) is 39.3 Å². The predicted octanol–water partition coefficient (Wildman–Crippen LogP) is 2.94. The number of likely N-dealkylation sites (tertiary alicyclic amines) is 2. The van der Waals surface area contributed by atoms with E-state index < -0.39 is 18.1 Å². The maximum absolute atomic E-state index is 12.8. The fourth-order valence-corrected chi connectivity index (χ4v) is 4.32. The average Bonchev–Trinajstić information content (AvgIpc) is 2.93. The molecule has 0 amide bonds. The molecule has 1 aromatic rings. The summed E-state index contributed by atoms with van der Waals surface area (Å²) in [6.07, 6.45) is -3.80. The Morgan fingerprint density at radius 3 is 2.58 bits per heavy atom. The van der Waals surface area contributed by atoms with E-state index in [0.29, 0.717) is 26.1 Å². The Bertz CT molecular complexity index is 623. The fraction of sp³-hybridized carbons (Fsp3) is 0.632. The van der Waals surface area contributed by atoms with Crippen LogP contribution in [0.5, 0.6) is 0 Å². The molecular weight excluding hydrogens is 345 g/mol. The van der Waals surface area contributed by atoms with Crippen LogP contribution in [-0.4, -0.2) is 61.3 Å². The number of hydrogen-bond acceptors (Lipinski definition) is 4. The topological polar surface area (TPSA) is 32.8 Å².